The smallest absolute Gasteiger partial charge is 0.0408 e. The van der Waals surface area contributed by atoms with Crippen molar-refractivity contribution in [1.82, 2.24) is 0 Å². The maximum Gasteiger partial charge on any atom is 0.0408 e. The Morgan fingerprint density at radius 3 is 1.00 bits per heavy atom. The molecule has 0 spiro atoms. The van der Waals surface area contributed by atoms with Crippen LogP contribution in [0.3, 0.4) is 0 Å². The molecule has 4 aromatic rings. The van der Waals surface area contributed by atoms with Gasteiger partial charge in [0.15, 0.2) is 0 Å². The summed E-state index contributed by atoms with van der Waals surface area (Å²) in [6.07, 6.45) is 2.72. The Labute approximate surface area is 257 Å². The van der Waals surface area contributed by atoms with Gasteiger partial charge in [-0.15, -0.1) is 0 Å². The molecule has 4 rings (SSSR count). The summed E-state index contributed by atoms with van der Waals surface area (Å²) in [5.74, 6) is 0. The Morgan fingerprint density at radius 1 is 0.514 bits per heavy atom. The van der Waals surface area contributed by atoms with Gasteiger partial charge in [-0.2, -0.15) is 20.6 Å². The van der Waals surface area contributed by atoms with E-state index < -0.39 is 12.6 Å². The van der Waals surface area contributed by atoms with Gasteiger partial charge in [0.1, 0.15) is 0 Å². The molecular weight excluding hydrogens is 920 g/mol. The van der Waals surface area contributed by atoms with E-state index in [-0.39, 0.29) is 44.8 Å². The molecule has 0 nitrogen and oxygen atoms in total. The molecule has 0 aromatic heterocycles. The van der Waals surface area contributed by atoms with Crippen molar-refractivity contribution in [2.75, 3.05) is 0 Å². The quantitative estimate of drug-likeness (QED) is 0.110. The average molecular weight is 950 g/mol. The van der Waals surface area contributed by atoms with Crippen molar-refractivity contribution < 1.29 is 44.8 Å². The van der Waals surface area contributed by atoms with Gasteiger partial charge in [-0.25, -0.2) is 0 Å². The van der Waals surface area contributed by atoms with E-state index in [1.54, 1.807) is 0 Å². The molecule has 0 unspecified atom stereocenters. The molecule has 0 N–H and O–H groups in total. The summed E-state index contributed by atoms with van der Waals surface area (Å²) in [6, 6.07) is 41.1. The van der Waals surface area contributed by atoms with Crippen molar-refractivity contribution in [1.29, 1.82) is 0 Å². The van der Waals surface area contributed by atoms with Crippen LogP contribution in [0.1, 0.15) is 0 Å². The molecule has 0 aliphatic heterocycles. The van der Waals surface area contributed by atoms with Crippen molar-refractivity contribution in [2.24, 2.45) is 0 Å². The molecule has 0 fully saturated rings. The summed E-state index contributed by atoms with van der Waals surface area (Å²) >= 11 is 8.20. The molecule has 0 aliphatic rings. The fourth-order valence-electron chi connectivity index (χ4n) is 3.26. The molecular formula is C29H30Au2BrClP2-4. The Morgan fingerprint density at radius 2 is 0.743 bits per heavy atom. The van der Waals surface area contributed by atoms with Gasteiger partial charge in [0.25, 0.3) is 0 Å². The first-order chi connectivity index (χ1) is 15.7. The summed E-state index contributed by atoms with van der Waals surface area (Å²) in [4.78, 5) is 0. The van der Waals surface area contributed by atoms with Gasteiger partial charge in [0, 0.05) is 55.4 Å². The van der Waals surface area contributed by atoms with Gasteiger partial charge < -0.3 is 11.6 Å². The van der Waals surface area contributed by atoms with Crippen molar-refractivity contribution in [3.63, 3.8) is 0 Å². The summed E-state index contributed by atoms with van der Waals surface area (Å²) in [5, 5.41) is 2.21. The zero-order valence-corrected chi connectivity index (χ0v) is 27.8. The predicted molar refractivity (Wildman–Crippen MR) is 160 cm³/mol. The monoisotopic (exact) mass is 948 g/mol. The normalized spacial score (nSPS) is 11.5. The molecule has 0 saturated heterocycles. The molecule has 35 heavy (non-hydrogen) atoms. The number of rotatable bonds is 4. The van der Waals surface area contributed by atoms with Gasteiger partial charge in [-0.3, -0.25) is 6.38 Å². The third-order valence-electron chi connectivity index (χ3n) is 5.20. The fraction of sp³-hybridized carbons (Fsp3) is 0. The van der Waals surface area contributed by atoms with Crippen LogP contribution >= 0.6 is 39.7 Å². The van der Waals surface area contributed by atoms with Gasteiger partial charge in [-0.05, 0) is 24.3 Å². The van der Waals surface area contributed by atoms with Crippen molar-refractivity contribution in [2.45, 2.75) is 0 Å². The van der Waals surface area contributed by atoms with Crippen LogP contribution in [0.2, 0.25) is 0 Å². The SMILES string of the molecule is [Au].[Au].[CH2-]Cl.[CH2-]P([CH2-])(Br)(c1ccccc1)c1ccccc1.[CH2-][P+]([CH2-])(c1ccccc1)c1ccccc1. The third kappa shape index (κ3) is 9.67. The second kappa shape index (κ2) is 16.1. The summed E-state index contributed by atoms with van der Waals surface area (Å²) < 4.78 is 0. The van der Waals surface area contributed by atoms with E-state index in [1.807, 2.05) is 72.8 Å². The molecule has 0 atom stereocenters. The predicted octanol–water partition coefficient (Wildman–Crippen LogP) is 8.33. The number of halogens is 2. The molecule has 4 aromatic carbocycles. The van der Waals surface area contributed by atoms with Crippen LogP contribution in [0.25, 0.3) is 0 Å². The van der Waals surface area contributed by atoms with Crippen LogP contribution in [-0.2, 0) is 44.8 Å². The standard InChI is InChI=1S/C14H14BrP.C14H14P.CH2Cl.2Au/c1-16(2,15,13-9-5-3-6-10-13)14-11-7-4-8-12-14;1-15(2,13-9-5-3-6-10-13)14-11-7-4-8-12-14;1-2;;/h3-12H,1-2H2;3-12H,1-2H2;1H2;;/q-2;2*-1;;. The van der Waals surface area contributed by atoms with E-state index in [2.05, 4.69) is 109 Å². The van der Waals surface area contributed by atoms with Crippen LogP contribution in [0, 0.1) is 33.0 Å². The Kier molecular flexibility index (Phi) is 16.1. The summed E-state index contributed by atoms with van der Waals surface area (Å²) in [5.41, 5.74) is 0. The molecule has 196 valence electrons. The van der Waals surface area contributed by atoms with Gasteiger partial charge in [-0.1, -0.05) is 36.4 Å². The van der Waals surface area contributed by atoms with Crippen LogP contribution in [0.4, 0.5) is 0 Å². The second-order valence-electron chi connectivity index (χ2n) is 7.69. The van der Waals surface area contributed by atoms with Crippen molar-refractivity contribution >= 4 is 60.9 Å². The van der Waals surface area contributed by atoms with Crippen LogP contribution in [0.15, 0.2) is 121 Å². The van der Waals surface area contributed by atoms with Crippen LogP contribution in [0.5, 0.6) is 0 Å². The topological polar surface area (TPSA) is 0 Å². The molecule has 0 heterocycles. The Bertz CT molecular complexity index is 1000. The minimum Gasteiger partial charge on any atom is -0.199 e. The second-order valence-corrected chi connectivity index (χ2v) is 19.6. The maximum atomic E-state index is 4.39. The van der Waals surface area contributed by atoms with Crippen LogP contribution < -0.4 is 21.2 Å². The van der Waals surface area contributed by atoms with Gasteiger partial charge >= 0.3 is 105 Å². The zero-order valence-electron chi connectivity index (χ0n) is 19.3. The third-order valence-corrected chi connectivity index (χ3v) is 13.2. The number of hydrogen-bond donors (Lipinski definition) is 0. The number of hydrogen-bond acceptors (Lipinski definition) is 0. The fourth-order valence-corrected chi connectivity index (χ4v) is 8.48. The van der Waals surface area contributed by atoms with E-state index in [0.29, 0.717) is 0 Å². The molecule has 0 bridgehead atoms. The molecule has 0 saturated carbocycles. The van der Waals surface area contributed by atoms with E-state index in [0.717, 1.165) is 0 Å². The minimum absolute atomic E-state index is 0. The molecule has 0 amide bonds. The first-order valence-electron chi connectivity index (χ1n) is 10.2. The van der Waals surface area contributed by atoms with Crippen molar-refractivity contribution in [3.05, 3.63) is 154 Å². The minimum atomic E-state index is -2.62. The largest absolute Gasteiger partial charge is 0.199 e. The van der Waals surface area contributed by atoms with Gasteiger partial charge in [0.05, 0.1) is 0 Å². The maximum absolute atomic E-state index is 4.39. The molecule has 6 heteroatoms. The Hall–Kier alpha value is -0.00948. The van der Waals surface area contributed by atoms with E-state index in [9.17, 15) is 0 Å². The van der Waals surface area contributed by atoms with E-state index in [4.69, 9.17) is 0 Å². The molecule has 2 radical (unpaired) electrons. The summed E-state index contributed by atoms with van der Waals surface area (Å²) in [7, 11) is -1.65. The number of benzene rings is 4. The summed E-state index contributed by atoms with van der Waals surface area (Å²) in [6.45, 7) is 17.4. The first kappa shape index (κ1) is 35.0. The van der Waals surface area contributed by atoms with E-state index >= 15 is 0 Å². The molecule has 0 aliphatic carbocycles. The average Bonchev–Trinajstić information content (AvgIpc) is 2.88. The van der Waals surface area contributed by atoms with Crippen molar-refractivity contribution in [3.8, 4) is 0 Å². The first-order valence-corrected chi connectivity index (χ1v) is 17.6. The van der Waals surface area contributed by atoms with Crippen LogP contribution in [-0.4, -0.2) is 0 Å². The zero-order chi connectivity index (χ0) is 24.4. The Balaban J connectivity index is 0.000000587. The van der Waals surface area contributed by atoms with E-state index in [1.165, 1.54) is 21.2 Å². The van der Waals surface area contributed by atoms with Gasteiger partial charge in [0.2, 0.25) is 0 Å².